The Kier molecular flexibility index (Phi) is 7.01. The van der Waals surface area contributed by atoms with Gasteiger partial charge in [-0.05, 0) is 24.6 Å². The number of nitrogens with one attached hydrogen (secondary N) is 2. The highest BCUT2D eigenvalue weighted by atomic mass is 35.5. The van der Waals surface area contributed by atoms with E-state index in [1.165, 1.54) is 12.1 Å². The van der Waals surface area contributed by atoms with Gasteiger partial charge in [0.2, 0.25) is 5.91 Å². The van der Waals surface area contributed by atoms with Crippen molar-refractivity contribution in [2.75, 3.05) is 0 Å². The van der Waals surface area contributed by atoms with Gasteiger partial charge in [0.1, 0.15) is 5.02 Å². The molecule has 0 aliphatic rings. The number of hydrogen-bond acceptors (Lipinski definition) is 5. The normalized spacial score (nSPS) is 11.0. The zero-order valence-corrected chi connectivity index (χ0v) is 15.2. The number of carbonyl (C=O) groups excluding carboxylic acids is 2. The standard InChI is InChI=1S/C18H17ClN4O4/c1-12(9-17(24)20-11-13-5-3-2-4-6-13)21-22-18(25)14-7-8-16(23(26)27)15(19)10-14/h2-8,10H,9,11H2,1H3,(H,20,24)(H,22,25)/b21-12-. The highest BCUT2D eigenvalue weighted by molar-refractivity contribution is 6.33. The molecule has 0 unspecified atom stereocenters. The lowest BCUT2D eigenvalue weighted by molar-refractivity contribution is -0.384. The van der Waals surface area contributed by atoms with Crippen molar-refractivity contribution >= 4 is 34.8 Å². The van der Waals surface area contributed by atoms with Crippen LogP contribution in [0.25, 0.3) is 0 Å². The molecular formula is C18H17ClN4O4. The number of hydrogen-bond donors (Lipinski definition) is 2. The summed E-state index contributed by atoms with van der Waals surface area (Å²) in [6.45, 7) is 2.01. The van der Waals surface area contributed by atoms with Gasteiger partial charge in [0.05, 0.1) is 11.3 Å². The van der Waals surface area contributed by atoms with Crippen LogP contribution < -0.4 is 10.7 Å². The molecular weight excluding hydrogens is 372 g/mol. The van der Waals surface area contributed by atoms with Crippen molar-refractivity contribution in [3.05, 3.63) is 74.8 Å². The van der Waals surface area contributed by atoms with Gasteiger partial charge >= 0.3 is 0 Å². The van der Waals surface area contributed by atoms with E-state index in [-0.39, 0.29) is 28.6 Å². The predicted molar refractivity (Wildman–Crippen MR) is 102 cm³/mol. The molecule has 2 N–H and O–H groups in total. The summed E-state index contributed by atoms with van der Waals surface area (Å²) in [5.74, 6) is -0.816. The van der Waals surface area contributed by atoms with Crippen LogP contribution in [-0.2, 0) is 11.3 Å². The molecule has 0 atom stereocenters. The maximum absolute atomic E-state index is 12.0. The Labute approximate surface area is 160 Å². The van der Waals surface area contributed by atoms with E-state index in [0.717, 1.165) is 11.6 Å². The van der Waals surface area contributed by atoms with Crippen molar-refractivity contribution in [2.45, 2.75) is 19.9 Å². The maximum Gasteiger partial charge on any atom is 0.287 e. The van der Waals surface area contributed by atoms with Crippen LogP contribution in [0.1, 0.15) is 29.3 Å². The second-order valence-corrected chi connectivity index (χ2v) is 6.06. The first-order valence-electron chi connectivity index (χ1n) is 7.95. The third-order valence-electron chi connectivity index (χ3n) is 3.50. The summed E-state index contributed by atoms with van der Waals surface area (Å²) in [6.07, 6.45) is 0.0220. The number of hydrazone groups is 1. The Morgan fingerprint density at radius 3 is 2.52 bits per heavy atom. The number of nitro benzene ring substituents is 1. The Balaban J connectivity index is 1.87. The average molecular weight is 389 g/mol. The van der Waals surface area contributed by atoms with Crippen molar-refractivity contribution < 1.29 is 14.5 Å². The van der Waals surface area contributed by atoms with Crippen LogP contribution in [0.3, 0.4) is 0 Å². The Morgan fingerprint density at radius 1 is 1.19 bits per heavy atom. The summed E-state index contributed by atoms with van der Waals surface area (Å²) < 4.78 is 0. The van der Waals surface area contributed by atoms with Crippen LogP contribution in [0.15, 0.2) is 53.6 Å². The van der Waals surface area contributed by atoms with Crippen LogP contribution >= 0.6 is 11.6 Å². The van der Waals surface area contributed by atoms with Crippen molar-refractivity contribution in [1.29, 1.82) is 0 Å². The highest BCUT2D eigenvalue weighted by Crippen LogP contribution is 2.24. The van der Waals surface area contributed by atoms with Gasteiger partial charge in [-0.25, -0.2) is 5.43 Å². The molecule has 0 aliphatic carbocycles. The van der Waals surface area contributed by atoms with Crippen molar-refractivity contribution in [2.24, 2.45) is 5.10 Å². The number of benzene rings is 2. The summed E-state index contributed by atoms with van der Waals surface area (Å²) in [5.41, 5.74) is 3.51. The summed E-state index contributed by atoms with van der Waals surface area (Å²) in [5, 5.41) is 17.2. The molecule has 140 valence electrons. The lowest BCUT2D eigenvalue weighted by Gasteiger charge is -2.06. The topological polar surface area (TPSA) is 114 Å². The average Bonchev–Trinajstić information content (AvgIpc) is 2.65. The number of carbonyl (C=O) groups is 2. The van der Waals surface area contributed by atoms with E-state index in [2.05, 4.69) is 15.8 Å². The summed E-state index contributed by atoms with van der Waals surface area (Å²) in [7, 11) is 0. The molecule has 0 aliphatic heterocycles. The minimum absolute atomic E-state index is 0.0220. The second-order valence-electron chi connectivity index (χ2n) is 5.65. The number of halogens is 1. The van der Waals surface area contributed by atoms with Crippen LogP contribution in [-0.4, -0.2) is 22.4 Å². The fraction of sp³-hybridized carbons (Fsp3) is 0.167. The number of amides is 2. The highest BCUT2D eigenvalue weighted by Gasteiger charge is 2.15. The van der Waals surface area contributed by atoms with E-state index in [0.29, 0.717) is 12.3 Å². The van der Waals surface area contributed by atoms with E-state index in [4.69, 9.17) is 11.6 Å². The van der Waals surface area contributed by atoms with Gasteiger partial charge in [0.25, 0.3) is 11.6 Å². The number of nitrogens with zero attached hydrogens (tertiary/aromatic N) is 2. The van der Waals surface area contributed by atoms with Crippen LogP contribution in [0.2, 0.25) is 5.02 Å². The first kappa shape index (κ1) is 20.1. The molecule has 2 amide bonds. The molecule has 0 radical (unpaired) electrons. The minimum Gasteiger partial charge on any atom is -0.352 e. The molecule has 9 heteroatoms. The zero-order valence-electron chi connectivity index (χ0n) is 14.4. The molecule has 2 aromatic rings. The van der Waals surface area contributed by atoms with Crippen LogP contribution in [0.5, 0.6) is 0 Å². The third-order valence-corrected chi connectivity index (χ3v) is 3.81. The number of rotatable bonds is 7. The predicted octanol–water partition coefficient (Wildman–Crippen LogP) is 3.06. The first-order valence-corrected chi connectivity index (χ1v) is 8.32. The van der Waals surface area contributed by atoms with Crippen LogP contribution in [0.4, 0.5) is 5.69 Å². The molecule has 0 heterocycles. The minimum atomic E-state index is -0.639. The first-order chi connectivity index (χ1) is 12.9. The smallest absolute Gasteiger partial charge is 0.287 e. The van der Waals surface area contributed by atoms with Crippen molar-refractivity contribution in [1.82, 2.24) is 10.7 Å². The van der Waals surface area contributed by atoms with Gasteiger partial charge in [0.15, 0.2) is 0 Å². The Morgan fingerprint density at radius 2 is 1.89 bits per heavy atom. The molecule has 2 aromatic carbocycles. The van der Waals surface area contributed by atoms with Gasteiger partial charge < -0.3 is 5.32 Å². The summed E-state index contributed by atoms with van der Waals surface area (Å²) in [6, 6.07) is 13.1. The molecule has 2 rings (SSSR count). The number of nitro groups is 1. The maximum atomic E-state index is 12.0. The van der Waals surface area contributed by atoms with E-state index < -0.39 is 10.8 Å². The van der Waals surface area contributed by atoms with Gasteiger partial charge in [0, 0.05) is 23.9 Å². The van der Waals surface area contributed by atoms with Crippen molar-refractivity contribution in [3.8, 4) is 0 Å². The van der Waals surface area contributed by atoms with Crippen molar-refractivity contribution in [3.63, 3.8) is 0 Å². The molecule has 0 fully saturated rings. The molecule has 0 saturated heterocycles. The quantitative estimate of drug-likeness (QED) is 0.431. The Hall–Kier alpha value is -3.26. The molecule has 0 spiro atoms. The van der Waals surface area contributed by atoms with E-state index >= 15 is 0 Å². The van der Waals surface area contributed by atoms with E-state index in [1.807, 2.05) is 30.3 Å². The monoisotopic (exact) mass is 388 g/mol. The third kappa shape index (κ3) is 6.19. The van der Waals surface area contributed by atoms with E-state index in [1.54, 1.807) is 6.92 Å². The largest absolute Gasteiger partial charge is 0.352 e. The molecule has 0 saturated carbocycles. The molecule has 0 aromatic heterocycles. The van der Waals surface area contributed by atoms with Gasteiger partial charge in [-0.15, -0.1) is 0 Å². The van der Waals surface area contributed by atoms with Gasteiger partial charge in [-0.3, -0.25) is 19.7 Å². The SMILES string of the molecule is C/C(CC(=O)NCc1ccccc1)=N/NC(=O)c1ccc([N+](=O)[O-])c(Cl)c1. The lowest BCUT2D eigenvalue weighted by Crippen LogP contribution is -2.26. The fourth-order valence-electron chi connectivity index (χ4n) is 2.14. The zero-order chi connectivity index (χ0) is 19.8. The lowest BCUT2D eigenvalue weighted by atomic mass is 10.2. The Bertz CT molecular complexity index is 884. The second kappa shape index (κ2) is 9.44. The van der Waals surface area contributed by atoms with E-state index in [9.17, 15) is 19.7 Å². The molecule has 0 bridgehead atoms. The fourth-order valence-corrected chi connectivity index (χ4v) is 2.39. The van der Waals surface area contributed by atoms with Crippen LogP contribution in [0, 0.1) is 10.1 Å². The van der Waals surface area contributed by atoms with Gasteiger partial charge in [-0.2, -0.15) is 5.10 Å². The molecule has 8 nitrogen and oxygen atoms in total. The summed E-state index contributed by atoms with van der Waals surface area (Å²) >= 11 is 5.77. The molecule has 27 heavy (non-hydrogen) atoms. The van der Waals surface area contributed by atoms with Gasteiger partial charge in [-0.1, -0.05) is 41.9 Å². The summed E-state index contributed by atoms with van der Waals surface area (Å²) in [4.78, 5) is 34.0.